The number of rotatable bonds is 4. The summed E-state index contributed by atoms with van der Waals surface area (Å²) in [5, 5.41) is 2.16. The molecule has 5 nitrogen and oxygen atoms in total. The third-order valence-corrected chi connectivity index (χ3v) is 8.13. The van der Waals surface area contributed by atoms with Gasteiger partial charge in [0.25, 0.3) is 5.91 Å². The van der Waals surface area contributed by atoms with E-state index in [2.05, 4.69) is 40.6 Å². The van der Waals surface area contributed by atoms with Crippen molar-refractivity contribution >= 4 is 23.2 Å². The van der Waals surface area contributed by atoms with Gasteiger partial charge in [0.15, 0.2) is 0 Å². The number of piperazine rings is 1. The summed E-state index contributed by atoms with van der Waals surface area (Å²) in [6, 6.07) is 20.5. The molecular formula is C28H31N3O2S. The minimum atomic E-state index is -0.0143. The fourth-order valence-electron chi connectivity index (χ4n) is 5.29. The summed E-state index contributed by atoms with van der Waals surface area (Å²) in [7, 11) is 0. The lowest BCUT2D eigenvalue weighted by molar-refractivity contribution is -0.135. The molecule has 0 spiro atoms. The lowest BCUT2D eigenvalue weighted by Crippen LogP contribution is -2.57. The normalized spacial score (nSPS) is 20.8. The van der Waals surface area contributed by atoms with Gasteiger partial charge in [-0.05, 0) is 54.5 Å². The highest BCUT2D eigenvalue weighted by Gasteiger charge is 2.34. The van der Waals surface area contributed by atoms with Crippen LogP contribution in [0.5, 0.6) is 0 Å². The Bertz CT molecular complexity index is 1180. The molecule has 3 aromatic rings. The summed E-state index contributed by atoms with van der Waals surface area (Å²) in [6.45, 7) is 7.00. The molecule has 3 heterocycles. The maximum absolute atomic E-state index is 13.4. The molecule has 176 valence electrons. The van der Waals surface area contributed by atoms with Gasteiger partial charge in [-0.3, -0.25) is 14.5 Å². The van der Waals surface area contributed by atoms with Crippen molar-refractivity contribution in [2.75, 3.05) is 32.7 Å². The number of hydrogen-bond donors (Lipinski definition) is 0. The van der Waals surface area contributed by atoms with Crippen LogP contribution in [-0.4, -0.2) is 65.3 Å². The van der Waals surface area contributed by atoms with Gasteiger partial charge in [0, 0.05) is 42.7 Å². The highest BCUT2D eigenvalue weighted by Crippen LogP contribution is 2.37. The van der Waals surface area contributed by atoms with Gasteiger partial charge in [-0.2, -0.15) is 0 Å². The van der Waals surface area contributed by atoms with Gasteiger partial charge < -0.3 is 9.80 Å². The van der Waals surface area contributed by atoms with E-state index in [1.807, 2.05) is 65.3 Å². The quantitative estimate of drug-likeness (QED) is 0.565. The van der Waals surface area contributed by atoms with Gasteiger partial charge in [-0.1, -0.05) is 48.5 Å². The molecule has 1 aromatic heterocycles. The summed E-state index contributed by atoms with van der Waals surface area (Å²) in [4.78, 5) is 34.2. The first-order valence-corrected chi connectivity index (χ1v) is 12.9. The number of nitrogens with zero attached hydrogens (tertiary/aromatic N) is 3. The van der Waals surface area contributed by atoms with Crippen molar-refractivity contribution in [2.45, 2.75) is 32.4 Å². The van der Waals surface area contributed by atoms with Crippen molar-refractivity contribution in [3.8, 4) is 0 Å². The zero-order valence-electron chi connectivity index (χ0n) is 19.8. The Hall–Kier alpha value is -2.96. The Labute approximate surface area is 205 Å². The fraction of sp³-hybridized carbons (Fsp3) is 0.357. The molecule has 2 aliphatic rings. The number of amides is 2. The number of hydrogen-bond acceptors (Lipinski definition) is 4. The molecule has 0 N–H and O–H groups in total. The maximum Gasteiger partial charge on any atom is 0.254 e. The average molecular weight is 474 g/mol. The van der Waals surface area contributed by atoms with Crippen LogP contribution >= 0.6 is 11.3 Å². The molecule has 6 heteroatoms. The van der Waals surface area contributed by atoms with E-state index >= 15 is 0 Å². The Morgan fingerprint density at radius 1 is 0.971 bits per heavy atom. The summed E-state index contributed by atoms with van der Waals surface area (Å²) in [6.07, 6.45) is 0.985. The molecule has 2 aromatic carbocycles. The molecular weight excluding hydrogens is 442 g/mol. The van der Waals surface area contributed by atoms with Crippen molar-refractivity contribution in [1.82, 2.24) is 14.7 Å². The van der Waals surface area contributed by atoms with Gasteiger partial charge in [0.05, 0.1) is 12.6 Å². The number of fused-ring (bicyclic) bond motifs is 1. The molecule has 0 aliphatic carbocycles. The topological polar surface area (TPSA) is 43.9 Å². The van der Waals surface area contributed by atoms with Gasteiger partial charge in [-0.25, -0.2) is 0 Å². The zero-order valence-corrected chi connectivity index (χ0v) is 20.6. The molecule has 2 aliphatic heterocycles. The third-order valence-electron chi connectivity index (χ3n) is 7.14. The van der Waals surface area contributed by atoms with Crippen LogP contribution in [0.4, 0.5) is 0 Å². The van der Waals surface area contributed by atoms with Crippen LogP contribution in [0.1, 0.15) is 44.9 Å². The predicted octanol–water partition coefficient (Wildman–Crippen LogP) is 4.38. The Balaban J connectivity index is 1.28. The van der Waals surface area contributed by atoms with E-state index < -0.39 is 0 Å². The smallest absolute Gasteiger partial charge is 0.254 e. The van der Waals surface area contributed by atoms with Crippen LogP contribution in [0.15, 0.2) is 66.0 Å². The van der Waals surface area contributed by atoms with E-state index in [1.165, 1.54) is 16.0 Å². The van der Waals surface area contributed by atoms with Crippen LogP contribution < -0.4 is 0 Å². The molecule has 1 saturated heterocycles. The zero-order chi connectivity index (χ0) is 23.7. The van der Waals surface area contributed by atoms with E-state index in [0.29, 0.717) is 26.2 Å². The lowest BCUT2D eigenvalue weighted by Gasteiger charge is -2.42. The Morgan fingerprint density at radius 3 is 2.50 bits per heavy atom. The molecule has 34 heavy (non-hydrogen) atoms. The highest BCUT2D eigenvalue weighted by atomic mass is 32.1. The number of benzene rings is 2. The SMILES string of the molecule is Cc1ccccc1C(=O)N1CCN(C(=O)CN2CCc3sccc3[C@@H]2c2ccccc2)C[C@@H]1C. The van der Waals surface area contributed by atoms with E-state index in [1.54, 1.807) is 0 Å². The van der Waals surface area contributed by atoms with Gasteiger partial charge in [-0.15, -0.1) is 11.3 Å². The van der Waals surface area contributed by atoms with Crippen molar-refractivity contribution in [3.63, 3.8) is 0 Å². The monoisotopic (exact) mass is 473 g/mol. The van der Waals surface area contributed by atoms with E-state index in [9.17, 15) is 9.59 Å². The van der Waals surface area contributed by atoms with Crippen LogP contribution in [0.2, 0.25) is 0 Å². The van der Waals surface area contributed by atoms with Crippen LogP contribution in [0.25, 0.3) is 0 Å². The molecule has 0 radical (unpaired) electrons. The van der Waals surface area contributed by atoms with Crippen molar-refractivity contribution in [3.05, 3.63) is 93.2 Å². The van der Waals surface area contributed by atoms with Gasteiger partial charge in [0.2, 0.25) is 5.91 Å². The fourth-order valence-corrected chi connectivity index (χ4v) is 6.20. The number of carbonyl (C=O) groups excluding carboxylic acids is 2. The largest absolute Gasteiger partial charge is 0.338 e. The second-order valence-electron chi connectivity index (χ2n) is 9.34. The Kier molecular flexibility index (Phi) is 6.53. The first-order chi connectivity index (χ1) is 16.5. The maximum atomic E-state index is 13.4. The minimum Gasteiger partial charge on any atom is -0.338 e. The molecule has 5 rings (SSSR count). The van der Waals surface area contributed by atoms with E-state index in [-0.39, 0.29) is 23.9 Å². The van der Waals surface area contributed by atoms with E-state index in [4.69, 9.17) is 0 Å². The van der Waals surface area contributed by atoms with E-state index in [0.717, 1.165) is 24.1 Å². The summed E-state index contributed by atoms with van der Waals surface area (Å²) in [5.74, 6) is 0.206. The summed E-state index contributed by atoms with van der Waals surface area (Å²) in [5.41, 5.74) is 4.30. The average Bonchev–Trinajstić information content (AvgIpc) is 3.33. The molecule has 0 saturated carbocycles. The lowest BCUT2D eigenvalue weighted by atomic mass is 9.93. The number of aryl methyl sites for hydroxylation is 1. The summed E-state index contributed by atoms with van der Waals surface area (Å²) >= 11 is 1.82. The van der Waals surface area contributed by atoms with Crippen molar-refractivity contribution in [2.24, 2.45) is 0 Å². The summed E-state index contributed by atoms with van der Waals surface area (Å²) < 4.78 is 0. The Morgan fingerprint density at radius 2 is 1.74 bits per heavy atom. The first-order valence-electron chi connectivity index (χ1n) is 12.0. The second kappa shape index (κ2) is 9.72. The van der Waals surface area contributed by atoms with Crippen LogP contribution in [-0.2, 0) is 11.2 Å². The molecule has 0 bridgehead atoms. The standard InChI is InChI=1S/C28H31N3O2S/c1-20-8-6-7-11-23(20)28(33)31-16-15-29(18-21(31)2)26(32)19-30-14-12-25-24(13-17-34-25)27(30)22-9-4-3-5-10-22/h3-11,13,17,21,27H,12,14-16,18-19H2,1-2H3/t21-,27-/m0/s1. The van der Waals surface area contributed by atoms with Crippen LogP contribution in [0, 0.1) is 6.92 Å². The van der Waals surface area contributed by atoms with Gasteiger partial charge in [0.1, 0.15) is 0 Å². The van der Waals surface area contributed by atoms with Crippen LogP contribution in [0.3, 0.4) is 0 Å². The number of thiophene rings is 1. The van der Waals surface area contributed by atoms with Crippen molar-refractivity contribution < 1.29 is 9.59 Å². The first kappa shape index (κ1) is 22.8. The number of carbonyl (C=O) groups is 2. The van der Waals surface area contributed by atoms with Crippen molar-refractivity contribution in [1.29, 1.82) is 0 Å². The highest BCUT2D eigenvalue weighted by molar-refractivity contribution is 7.10. The van der Waals surface area contributed by atoms with Gasteiger partial charge >= 0.3 is 0 Å². The molecule has 2 atom stereocenters. The second-order valence-corrected chi connectivity index (χ2v) is 10.3. The molecule has 1 fully saturated rings. The molecule has 2 amide bonds. The predicted molar refractivity (Wildman–Crippen MR) is 136 cm³/mol. The molecule has 0 unspecified atom stereocenters. The third kappa shape index (κ3) is 4.40. The minimum absolute atomic E-state index is 0.0143.